The lowest BCUT2D eigenvalue weighted by Crippen LogP contribution is -2.47. The second-order valence-electron chi connectivity index (χ2n) is 7.25. The third-order valence-corrected chi connectivity index (χ3v) is 7.10. The fraction of sp³-hybridized carbons (Fsp3) is 0.409. The van der Waals surface area contributed by atoms with E-state index in [4.69, 9.17) is 4.74 Å². The van der Waals surface area contributed by atoms with Crippen molar-refractivity contribution in [2.24, 2.45) is 0 Å². The number of carbonyl (C=O) groups is 1. The first kappa shape index (κ1) is 21.1. The number of amides is 1. The maximum Gasteiger partial charge on any atom is 0.223 e. The van der Waals surface area contributed by atoms with Gasteiger partial charge in [0, 0.05) is 49.3 Å². The summed E-state index contributed by atoms with van der Waals surface area (Å²) in [5, 5.41) is 4.15. The molecule has 2 aromatic heterocycles. The van der Waals surface area contributed by atoms with Crippen molar-refractivity contribution in [2.45, 2.75) is 18.4 Å². The number of nitrogens with zero attached hydrogens (tertiary/aromatic N) is 4. The van der Waals surface area contributed by atoms with Gasteiger partial charge in [0.2, 0.25) is 5.91 Å². The van der Waals surface area contributed by atoms with Crippen LogP contribution in [0.3, 0.4) is 0 Å². The van der Waals surface area contributed by atoms with E-state index in [0.717, 1.165) is 64.1 Å². The zero-order valence-electron chi connectivity index (χ0n) is 17.3. The highest BCUT2D eigenvalue weighted by molar-refractivity contribution is 7.99. The van der Waals surface area contributed by atoms with E-state index in [-0.39, 0.29) is 5.91 Å². The maximum atomic E-state index is 12.5. The fourth-order valence-electron chi connectivity index (χ4n) is 3.52. The Hall–Kier alpha value is -2.16. The Balaban J connectivity index is 1.46. The predicted molar refractivity (Wildman–Crippen MR) is 123 cm³/mol. The molecule has 0 aliphatic carbocycles. The van der Waals surface area contributed by atoms with Crippen LogP contribution in [-0.2, 0) is 4.79 Å². The predicted octanol–water partition coefficient (Wildman–Crippen LogP) is 4.01. The van der Waals surface area contributed by atoms with E-state index in [2.05, 4.69) is 39.4 Å². The summed E-state index contributed by atoms with van der Waals surface area (Å²) in [4.78, 5) is 26.7. The molecule has 0 saturated carbocycles. The van der Waals surface area contributed by atoms with Crippen LogP contribution in [0.1, 0.15) is 13.3 Å². The summed E-state index contributed by atoms with van der Waals surface area (Å²) < 4.78 is 5.56. The molecule has 1 aromatic carbocycles. The van der Waals surface area contributed by atoms with E-state index in [9.17, 15) is 4.79 Å². The number of hydrogen-bond acceptors (Lipinski definition) is 7. The largest absolute Gasteiger partial charge is 0.494 e. The van der Waals surface area contributed by atoms with Gasteiger partial charge in [0.1, 0.15) is 21.9 Å². The minimum Gasteiger partial charge on any atom is -0.494 e. The topological polar surface area (TPSA) is 58.6 Å². The molecule has 6 nitrogen and oxygen atoms in total. The minimum atomic E-state index is 0.234. The number of thioether (sulfide) groups is 1. The third-order valence-electron chi connectivity index (χ3n) is 5.22. The van der Waals surface area contributed by atoms with Gasteiger partial charge in [-0.05, 0) is 31.7 Å². The average Bonchev–Trinajstić information content (AvgIpc) is 3.20. The van der Waals surface area contributed by atoms with Gasteiger partial charge in [0.25, 0.3) is 0 Å². The summed E-state index contributed by atoms with van der Waals surface area (Å²) in [5.41, 5.74) is 2.25. The van der Waals surface area contributed by atoms with Gasteiger partial charge < -0.3 is 14.5 Å². The number of benzene rings is 1. The van der Waals surface area contributed by atoms with Gasteiger partial charge in [-0.25, -0.2) is 9.97 Å². The number of hydrogen-bond donors (Lipinski definition) is 0. The van der Waals surface area contributed by atoms with Gasteiger partial charge in [-0.15, -0.1) is 23.1 Å². The molecule has 8 heteroatoms. The van der Waals surface area contributed by atoms with Gasteiger partial charge in [-0.3, -0.25) is 4.79 Å². The summed E-state index contributed by atoms with van der Waals surface area (Å²) in [7, 11) is 2.10. The Morgan fingerprint density at radius 1 is 1.17 bits per heavy atom. The molecular weight excluding hydrogens is 416 g/mol. The van der Waals surface area contributed by atoms with Crippen LogP contribution >= 0.6 is 23.1 Å². The summed E-state index contributed by atoms with van der Waals surface area (Å²) in [5.74, 6) is 1.82. The number of rotatable bonds is 7. The molecule has 158 valence electrons. The lowest BCUT2D eigenvalue weighted by molar-refractivity contribution is -0.132. The van der Waals surface area contributed by atoms with Gasteiger partial charge in [0.15, 0.2) is 0 Å². The molecule has 0 atom stereocenters. The highest BCUT2D eigenvalue weighted by Crippen LogP contribution is 2.38. The highest BCUT2D eigenvalue weighted by Gasteiger charge is 2.19. The zero-order valence-corrected chi connectivity index (χ0v) is 19.0. The van der Waals surface area contributed by atoms with E-state index in [0.29, 0.717) is 13.0 Å². The third kappa shape index (κ3) is 4.77. The van der Waals surface area contributed by atoms with Crippen molar-refractivity contribution < 1.29 is 9.53 Å². The van der Waals surface area contributed by atoms with Crippen LogP contribution in [0.25, 0.3) is 21.3 Å². The van der Waals surface area contributed by atoms with Crippen LogP contribution in [0, 0.1) is 0 Å². The van der Waals surface area contributed by atoms with Crippen LogP contribution in [0.5, 0.6) is 5.75 Å². The Labute approximate surface area is 185 Å². The van der Waals surface area contributed by atoms with Crippen molar-refractivity contribution in [1.82, 2.24) is 19.8 Å². The van der Waals surface area contributed by atoms with Crippen molar-refractivity contribution in [1.29, 1.82) is 0 Å². The summed E-state index contributed by atoms with van der Waals surface area (Å²) in [6.07, 6.45) is 2.15. The molecule has 1 saturated heterocycles. The Morgan fingerprint density at radius 2 is 1.93 bits per heavy atom. The number of carbonyl (C=O) groups excluding carboxylic acids is 1. The van der Waals surface area contributed by atoms with Crippen molar-refractivity contribution in [3.8, 4) is 16.9 Å². The quantitative estimate of drug-likeness (QED) is 0.407. The van der Waals surface area contributed by atoms with Crippen LogP contribution in [0.2, 0.25) is 0 Å². The molecule has 1 aliphatic rings. The summed E-state index contributed by atoms with van der Waals surface area (Å²) in [6, 6.07) is 8.14. The van der Waals surface area contributed by atoms with Gasteiger partial charge in [-0.2, -0.15) is 0 Å². The first-order valence-corrected chi connectivity index (χ1v) is 12.1. The fourth-order valence-corrected chi connectivity index (χ4v) is 5.44. The monoisotopic (exact) mass is 442 g/mol. The molecule has 0 unspecified atom stereocenters. The van der Waals surface area contributed by atoms with Crippen molar-refractivity contribution in [3.05, 3.63) is 36.0 Å². The Kier molecular flexibility index (Phi) is 6.86. The zero-order chi connectivity index (χ0) is 20.9. The Bertz CT molecular complexity index is 998. The maximum absolute atomic E-state index is 12.5. The van der Waals surface area contributed by atoms with E-state index >= 15 is 0 Å². The van der Waals surface area contributed by atoms with Gasteiger partial charge in [-0.1, -0.05) is 12.1 Å². The van der Waals surface area contributed by atoms with E-state index in [1.807, 2.05) is 24.0 Å². The number of thiophene rings is 1. The molecular formula is C22H26N4O2S2. The lowest BCUT2D eigenvalue weighted by Gasteiger charge is -2.32. The lowest BCUT2D eigenvalue weighted by atomic mass is 10.1. The van der Waals surface area contributed by atoms with Crippen molar-refractivity contribution in [3.63, 3.8) is 0 Å². The minimum absolute atomic E-state index is 0.234. The SMILES string of the molecule is CCOc1ccc(-c2csc3ncnc(SCCC(=O)N4CCN(C)CC4)c23)cc1. The molecule has 0 N–H and O–H groups in total. The van der Waals surface area contributed by atoms with E-state index in [1.54, 1.807) is 29.4 Å². The molecule has 4 rings (SSSR count). The first-order valence-electron chi connectivity index (χ1n) is 10.2. The van der Waals surface area contributed by atoms with Crippen molar-refractivity contribution >= 4 is 39.2 Å². The number of fused-ring (bicyclic) bond motifs is 1. The second kappa shape index (κ2) is 9.76. The number of aromatic nitrogens is 2. The first-order chi connectivity index (χ1) is 14.7. The smallest absolute Gasteiger partial charge is 0.223 e. The van der Waals surface area contributed by atoms with Gasteiger partial charge >= 0.3 is 0 Å². The summed E-state index contributed by atoms with van der Waals surface area (Å²) >= 11 is 3.27. The van der Waals surface area contributed by atoms with Crippen LogP contribution in [-0.4, -0.2) is 71.3 Å². The van der Waals surface area contributed by atoms with Crippen molar-refractivity contribution in [2.75, 3.05) is 45.6 Å². The number of piperazine rings is 1. The molecule has 30 heavy (non-hydrogen) atoms. The molecule has 1 aliphatic heterocycles. The van der Waals surface area contributed by atoms with E-state index < -0.39 is 0 Å². The molecule has 3 heterocycles. The Morgan fingerprint density at radius 3 is 2.67 bits per heavy atom. The van der Waals surface area contributed by atoms with Crippen LogP contribution in [0.15, 0.2) is 41.0 Å². The van der Waals surface area contributed by atoms with E-state index in [1.165, 1.54) is 0 Å². The number of likely N-dealkylation sites (N-methyl/N-ethyl adjacent to an activating group) is 1. The van der Waals surface area contributed by atoms with Gasteiger partial charge in [0.05, 0.1) is 12.0 Å². The molecule has 0 bridgehead atoms. The second-order valence-corrected chi connectivity index (χ2v) is 9.19. The molecule has 1 amide bonds. The highest BCUT2D eigenvalue weighted by atomic mass is 32.2. The molecule has 1 fully saturated rings. The summed E-state index contributed by atoms with van der Waals surface area (Å²) in [6.45, 7) is 6.18. The molecule has 0 spiro atoms. The normalized spacial score (nSPS) is 14.9. The van der Waals surface area contributed by atoms with Crippen LogP contribution < -0.4 is 4.74 Å². The number of ether oxygens (including phenoxy) is 1. The standard InChI is InChI=1S/C22H26N4O2S2/c1-3-28-17-6-4-16(5-7-17)18-14-30-22-20(18)21(23-15-24-22)29-13-8-19(27)26-11-9-25(2)10-12-26/h4-7,14-15H,3,8-13H2,1-2H3. The molecule has 0 radical (unpaired) electrons. The average molecular weight is 443 g/mol. The van der Waals surface area contributed by atoms with Crippen LogP contribution in [0.4, 0.5) is 0 Å². The molecule has 3 aromatic rings.